The van der Waals surface area contributed by atoms with Crippen LogP contribution in [0.15, 0.2) is 59.5 Å². The standard InChI is InChI=1S/C26H30N4O3S2/c1-19-11-12-23(20(2)18-19)35(32,33)28-26-27-21(3)24(34-26)25(31)30-16-14-29(15-17-30)13-7-10-22-8-5-4-6-9-22/h4-12,18H,13-17H2,1-3H3,(H,27,28). The minimum Gasteiger partial charge on any atom is -0.335 e. The van der Waals surface area contributed by atoms with E-state index in [4.69, 9.17) is 0 Å². The van der Waals surface area contributed by atoms with E-state index in [1.165, 1.54) is 5.56 Å². The van der Waals surface area contributed by atoms with Crippen molar-refractivity contribution in [2.24, 2.45) is 0 Å². The lowest BCUT2D eigenvalue weighted by Gasteiger charge is -2.34. The Balaban J connectivity index is 1.36. The molecule has 2 aromatic carbocycles. The molecule has 1 N–H and O–H groups in total. The highest BCUT2D eigenvalue weighted by Crippen LogP contribution is 2.27. The van der Waals surface area contributed by atoms with Gasteiger partial charge >= 0.3 is 0 Å². The Morgan fingerprint density at radius 3 is 2.46 bits per heavy atom. The summed E-state index contributed by atoms with van der Waals surface area (Å²) in [6.07, 6.45) is 4.26. The Morgan fingerprint density at radius 2 is 1.77 bits per heavy atom. The first-order chi connectivity index (χ1) is 16.7. The van der Waals surface area contributed by atoms with Crippen LogP contribution in [-0.2, 0) is 10.0 Å². The largest absolute Gasteiger partial charge is 0.335 e. The Labute approximate surface area is 211 Å². The third-order valence-electron chi connectivity index (χ3n) is 5.97. The van der Waals surface area contributed by atoms with Crippen LogP contribution in [-0.4, -0.2) is 61.8 Å². The third kappa shape index (κ3) is 6.17. The molecular formula is C26H30N4O3S2. The topological polar surface area (TPSA) is 82.6 Å². The van der Waals surface area contributed by atoms with Gasteiger partial charge in [-0.15, -0.1) is 0 Å². The number of hydrogen-bond donors (Lipinski definition) is 1. The molecule has 184 valence electrons. The summed E-state index contributed by atoms with van der Waals surface area (Å²) in [5.74, 6) is -0.101. The zero-order valence-corrected chi connectivity index (χ0v) is 21.8. The number of rotatable bonds is 7. The smallest absolute Gasteiger partial charge is 0.266 e. The second kappa shape index (κ2) is 10.7. The molecule has 1 aliphatic rings. The molecule has 0 spiro atoms. The van der Waals surface area contributed by atoms with Crippen molar-refractivity contribution in [3.63, 3.8) is 0 Å². The van der Waals surface area contributed by atoms with E-state index in [1.54, 1.807) is 26.0 Å². The molecule has 1 aromatic heterocycles. The predicted octanol–water partition coefficient (Wildman–Crippen LogP) is 4.34. The van der Waals surface area contributed by atoms with E-state index in [9.17, 15) is 13.2 Å². The maximum absolute atomic E-state index is 13.2. The lowest BCUT2D eigenvalue weighted by molar-refractivity contribution is 0.0654. The lowest BCUT2D eigenvalue weighted by atomic mass is 10.2. The molecule has 1 amide bonds. The first kappa shape index (κ1) is 25.1. The molecule has 0 radical (unpaired) electrons. The quantitative estimate of drug-likeness (QED) is 0.511. The van der Waals surface area contributed by atoms with Crippen molar-refractivity contribution in [1.29, 1.82) is 0 Å². The van der Waals surface area contributed by atoms with Crippen molar-refractivity contribution < 1.29 is 13.2 Å². The van der Waals surface area contributed by atoms with Crippen molar-refractivity contribution in [1.82, 2.24) is 14.8 Å². The number of piperazine rings is 1. The van der Waals surface area contributed by atoms with Gasteiger partial charge in [0.05, 0.1) is 10.6 Å². The SMILES string of the molecule is Cc1ccc(S(=O)(=O)Nc2nc(C)c(C(=O)N3CCN(CC=Cc4ccccc4)CC3)s2)c(C)c1. The van der Waals surface area contributed by atoms with Crippen LogP contribution in [0.25, 0.3) is 6.08 Å². The number of thiazole rings is 1. The van der Waals surface area contributed by atoms with E-state index in [2.05, 4.69) is 38.9 Å². The zero-order chi connectivity index (χ0) is 25.0. The van der Waals surface area contributed by atoms with Gasteiger partial charge in [0, 0.05) is 32.7 Å². The fourth-order valence-electron chi connectivity index (χ4n) is 4.09. The van der Waals surface area contributed by atoms with Gasteiger partial charge in [0.1, 0.15) is 4.88 Å². The van der Waals surface area contributed by atoms with Gasteiger partial charge in [-0.25, -0.2) is 13.4 Å². The molecular weight excluding hydrogens is 480 g/mol. The first-order valence-electron chi connectivity index (χ1n) is 11.5. The molecule has 9 heteroatoms. The number of anilines is 1. The summed E-state index contributed by atoms with van der Waals surface area (Å²) in [4.78, 5) is 22.3. The normalized spacial score (nSPS) is 15.0. The van der Waals surface area contributed by atoms with Gasteiger partial charge < -0.3 is 4.90 Å². The Bertz CT molecular complexity index is 1330. The number of nitrogens with one attached hydrogen (secondary N) is 1. The van der Waals surface area contributed by atoms with E-state index in [0.29, 0.717) is 29.2 Å². The van der Waals surface area contributed by atoms with Crippen LogP contribution < -0.4 is 4.72 Å². The van der Waals surface area contributed by atoms with E-state index in [0.717, 1.165) is 36.5 Å². The number of amides is 1. The summed E-state index contributed by atoms with van der Waals surface area (Å²) in [6.45, 7) is 9.08. The minimum absolute atomic E-state index is 0.101. The van der Waals surface area contributed by atoms with Gasteiger partial charge in [0.2, 0.25) is 0 Å². The van der Waals surface area contributed by atoms with Crippen LogP contribution in [0, 0.1) is 20.8 Å². The summed E-state index contributed by atoms with van der Waals surface area (Å²) in [5, 5.41) is 0.204. The highest BCUT2D eigenvalue weighted by molar-refractivity contribution is 7.93. The molecule has 4 rings (SSSR count). The molecule has 3 aromatic rings. The zero-order valence-electron chi connectivity index (χ0n) is 20.2. The van der Waals surface area contributed by atoms with Crippen molar-refractivity contribution in [3.8, 4) is 0 Å². The number of benzene rings is 2. The monoisotopic (exact) mass is 510 g/mol. The van der Waals surface area contributed by atoms with Gasteiger partial charge in [-0.1, -0.05) is 71.5 Å². The number of hydrogen-bond acceptors (Lipinski definition) is 6. The average Bonchev–Trinajstić information content (AvgIpc) is 3.18. The fourth-order valence-corrected chi connectivity index (χ4v) is 6.49. The number of sulfonamides is 1. The van der Waals surface area contributed by atoms with E-state index < -0.39 is 10.0 Å². The number of aromatic nitrogens is 1. The summed E-state index contributed by atoms with van der Waals surface area (Å²) in [6, 6.07) is 15.4. The highest BCUT2D eigenvalue weighted by atomic mass is 32.2. The van der Waals surface area contributed by atoms with E-state index >= 15 is 0 Å². The number of carbonyl (C=O) groups excluding carboxylic acids is 1. The van der Waals surface area contributed by atoms with Crippen molar-refractivity contribution >= 4 is 38.5 Å². The van der Waals surface area contributed by atoms with Crippen molar-refractivity contribution in [2.45, 2.75) is 25.7 Å². The van der Waals surface area contributed by atoms with Crippen LogP contribution in [0.5, 0.6) is 0 Å². The molecule has 0 unspecified atom stereocenters. The molecule has 1 aliphatic heterocycles. The Hall–Kier alpha value is -3.01. The van der Waals surface area contributed by atoms with E-state index in [1.807, 2.05) is 36.1 Å². The maximum atomic E-state index is 13.2. The molecule has 0 atom stereocenters. The number of carbonyl (C=O) groups is 1. The molecule has 2 heterocycles. The Kier molecular flexibility index (Phi) is 7.69. The van der Waals surface area contributed by atoms with Crippen LogP contribution in [0.1, 0.15) is 32.1 Å². The van der Waals surface area contributed by atoms with Gasteiger partial charge in [-0.3, -0.25) is 14.4 Å². The fraction of sp³-hybridized carbons (Fsp3) is 0.308. The van der Waals surface area contributed by atoms with Gasteiger partial charge in [-0.2, -0.15) is 0 Å². The van der Waals surface area contributed by atoms with Crippen molar-refractivity contribution in [2.75, 3.05) is 37.4 Å². The highest BCUT2D eigenvalue weighted by Gasteiger charge is 2.26. The molecule has 1 saturated heterocycles. The molecule has 1 fully saturated rings. The Morgan fingerprint density at radius 1 is 1.06 bits per heavy atom. The van der Waals surface area contributed by atoms with Gasteiger partial charge in [-0.05, 0) is 38.0 Å². The average molecular weight is 511 g/mol. The summed E-state index contributed by atoms with van der Waals surface area (Å²) in [5.41, 5.74) is 3.36. The van der Waals surface area contributed by atoms with Crippen LogP contribution in [0.4, 0.5) is 5.13 Å². The summed E-state index contributed by atoms with van der Waals surface area (Å²) >= 11 is 1.09. The molecule has 7 nitrogen and oxygen atoms in total. The van der Waals surface area contributed by atoms with Gasteiger partial charge in [0.25, 0.3) is 15.9 Å². The first-order valence-corrected chi connectivity index (χ1v) is 13.8. The van der Waals surface area contributed by atoms with Crippen LogP contribution >= 0.6 is 11.3 Å². The molecule has 0 bridgehead atoms. The lowest BCUT2D eigenvalue weighted by Crippen LogP contribution is -2.48. The van der Waals surface area contributed by atoms with Crippen LogP contribution in [0.2, 0.25) is 0 Å². The maximum Gasteiger partial charge on any atom is 0.266 e. The molecule has 35 heavy (non-hydrogen) atoms. The minimum atomic E-state index is -3.79. The number of nitrogens with zero attached hydrogens (tertiary/aromatic N) is 3. The number of aryl methyl sites for hydroxylation is 3. The third-order valence-corrected chi connectivity index (χ3v) is 8.65. The van der Waals surface area contributed by atoms with Gasteiger partial charge in [0.15, 0.2) is 5.13 Å². The second-order valence-electron chi connectivity index (χ2n) is 8.71. The summed E-state index contributed by atoms with van der Waals surface area (Å²) in [7, 11) is -3.79. The second-order valence-corrected chi connectivity index (χ2v) is 11.4. The van der Waals surface area contributed by atoms with E-state index in [-0.39, 0.29) is 15.9 Å². The summed E-state index contributed by atoms with van der Waals surface area (Å²) < 4.78 is 28.3. The van der Waals surface area contributed by atoms with Crippen molar-refractivity contribution in [3.05, 3.63) is 81.9 Å². The molecule has 0 saturated carbocycles. The van der Waals surface area contributed by atoms with Crippen LogP contribution in [0.3, 0.4) is 0 Å². The molecule has 0 aliphatic carbocycles. The predicted molar refractivity (Wildman–Crippen MR) is 141 cm³/mol.